The molecule has 2 amide bonds. The summed E-state index contributed by atoms with van der Waals surface area (Å²) in [7, 11) is -2.53. The zero-order valence-electron chi connectivity index (χ0n) is 21.6. The van der Waals surface area contributed by atoms with Gasteiger partial charge in [-0.1, -0.05) is 67.1 Å². The average Bonchev–Trinajstić information content (AvgIpc) is 2.84. The van der Waals surface area contributed by atoms with Gasteiger partial charge in [-0.3, -0.25) is 9.59 Å². The predicted octanol–water partition coefficient (Wildman–Crippen LogP) is 4.10. The van der Waals surface area contributed by atoms with Gasteiger partial charge in [0.15, 0.2) is 0 Å². The summed E-state index contributed by atoms with van der Waals surface area (Å²) in [6.45, 7) is 7.36. The third-order valence-corrected chi connectivity index (χ3v) is 7.88. The summed E-state index contributed by atoms with van der Waals surface area (Å²) < 4.78 is 27.7. The number of hydrogen-bond donors (Lipinski definition) is 1. The van der Waals surface area contributed by atoms with Gasteiger partial charge in [0.1, 0.15) is 6.04 Å². The lowest BCUT2D eigenvalue weighted by Crippen LogP contribution is -2.52. The number of benzene rings is 3. The number of nitrogens with zero attached hydrogens (tertiary/aromatic N) is 2. The molecule has 0 bridgehead atoms. The highest BCUT2D eigenvalue weighted by atomic mass is 32.2. The van der Waals surface area contributed by atoms with E-state index in [1.807, 2.05) is 76.2 Å². The summed E-state index contributed by atoms with van der Waals surface area (Å²) >= 11 is 0. The number of aryl methyl sites for hydroxylation is 1. The zero-order chi connectivity index (χ0) is 26.5. The van der Waals surface area contributed by atoms with Crippen molar-refractivity contribution in [1.82, 2.24) is 14.5 Å². The second-order valence-corrected chi connectivity index (χ2v) is 11.4. The molecule has 192 valence electrons. The lowest BCUT2D eigenvalue weighted by molar-refractivity contribution is -0.141. The molecule has 8 heteroatoms. The Morgan fingerprint density at radius 1 is 0.944 bits per heavy atom. The highest BCUT2D eigenvalue weighted by molar-refractivity contribution is 7.89. The molecule has 0 aromatic heterocycles. The van der Waals surface area contributed by atoms with Crippen LogP contribution in [0.1, 0.15) is 38.3 Å². The summed E-state index contributed by atoms with van der Waals surface area (Å²) in [5.41, 5.74) is 1.95. The van der Waals surface area contributed by atoms with Crippen molar-refractivity contribution in [3.05, 3.63) is 77.9 Å². The van der Waals surface area contributed by atoms with E-state index in [0.717, 1.165) is 26.2 Å². The van der Waals surface area contributed by atoms with Gasteiger partial charge >= 0.3 is 0 Å². The number of fused-ring (bicyclic) bond motifs is 1. The summed E-state index contributed by atoms with van der Waals surface area (Å²) in [5, 5.41) is 4.62. The maximum atomic E-state index is 13.5. The summed E-state index contributed by atoms with van der Waals surface area (Å²) in [6, 6.07) is 19.3. The van der Waals surface area contributed by atoms with Gasteiger partial charge in [0, 0.05) is 19.6 Å². The number of amides is 2. The molecule has 7 nitrogen and oxygen atoms in total. The van der Waals surface area contributed by atoms with Gasteiger partial charge < -0.3 is 10.2 Å². The molecule has 1 N–H and O–H groups in total. The molecular weight excluding hydrogens is 474 g/mol. The van der Waals surface area contributed by atoms with E-state index in [-0.39, 0.29) is 29.9 Å². The first kappa shape index (κ1) is 27.4. The number of carbonyl (C=O) groups is 2. The SMILES string of the molecule is CC[C@H](C(=O)NC(C)C)N(Cc1ccc(C)cc1)C(=O)CN(C)S(=O)(=O)c1ccc2ccccc2c1. The minimum atomic E-state index is -3.92. The van der Waals surface area contributed by atoms with Crippen LogP contribution in [0, 0.1) is 6.92 Å². The minimum Gasteiger partial charge on any atom is -0.352 e. The largest absolute Gasteiger partial charge is 0.352 e. The molecule has 0 aliphatic rings. The van der Waals surface area contributed by atoms with Gasteiger partial charge in [0.2, 0.25) is 21.8 Å². The predicted molar refractivity (Wildman–Crippen MR) is 143 cm³/mol. The van der Waals surface area contributed by atoms with Crippen molar-refractivity contribution in [2.24, 2.45) is 0 Å². The summed E-state index contributed by atoms with van der Waals surface area (Å²) in [4.78, 5) is 28.1. The number of hydrogen-bond acceptors (Lipinski definition) is 4. The van der Waals surface area contributed by atoms with E-state index in [0.29, 0.717) is 6.42 Å². The minimum absolute atomic E-state index is 0.0844. The fourth-order valence-corrected chi connectivity index (χ4v) is 5.22. The van der Waals surface area contributed by atoms with Crippen LogP contribution in [0.2, 0.25) is 0 Å². The molecule has 36 heavy (non-hydrogen) atoms. The van der Waals surface area contributed by atoms with E-state index in [2.05, 4.69) is 5.32 Å². The normalized spacial score (nSPS) is 12.6. The Hall–Kier alpha value is -3.23. The Morgan fingerprint density at radius 3 is 2.19 bits per heavy atom. The fraction of sp³-hybridized carbons (Fsp3) is 0.357. The number of nitrogens with one attached hydrogen (secondary N) is 1. The number of carbonyl (C=O) groups excluding carboxylic acids is 2. The molecule has 0 spiro atoms. The highest BCUT2D eigenvalue weighted by Crippen LogP contribution is 2.22. The van der Waals surface area contributed by atoms with Gasteiger partial charge in [-0.05, 0) is 55.7 Å². The monoisotopic (exact) mass is 509 g/mol. The first-order valence-electron chi connectivity index (χ1n) is 12.1. The van der Waals surface area contributed by atoms with Crippen LogP contribution in [0.4, 0.5) is 0 Å². The Labute approximate surface area is 214 Å². The summed E-state index contributed by atoms with van der Waals surface area (Å²) in [5.74, 6) is -0.693. The van der Waals surface area contributed by atoms with Gasteiger partial charge in [-0.2, -0.15) is 4.31 Å². The van der Waals surface area contributed by atoms with E-state index < -0.39 is 22.0 Å². The molecule has 0 aliphatic heterocycles. The van der Waals surface area contributed by atoms with Crippen LogP contribution in [0.25, 0.3) is 10.8 Å². The van der Waals surface area contributed by atoms with Crippen molar-refractivity contribution in [3.8, 4) is 0 Å². The van der Waals surface area contributed by atoms with Crippen LogP contribution in [-0.2, 0) is 26.2 Å². The number of likely N-dealkylation sites (N-methyl/N-ethyl adjacent to an activating group) is 1. The molecule has 0 saturated carbocycles. The van der Waals surface area contributed by atoms with Crippen molar-refractivity contribution in [3.63, 3.8) is 0 Å². The second kappa shape index (κ2) is 11.7. The Bertz CT molecular complexity index is 1320. The molecular formula is C28H35N3O4S. The molecule has 0 saturated heterocycles. The molecule has 0 unspecified atom stereocenters. The van der Waals surface area contributed by atoms with Gasteiger partial charge in [0.25, 0.3) is 0 Å². The standard InChI is InChI=1S/C28H35N3O4S/c1-6-26(28(33)29-20(2)3)31(18-22-13-11-21(4)12-14-22)27(32)19-30(5)36(34,35)25-16-15-23-9-7-8-10-24(23)17-25/h7-17,20,26H,6,18-19H2,1-5H3,(H,29,33)/t26-/m1/s1. The molecule has 3 rings (SSSR count). The third kappa shape index (κ3) is 6.50. The Morgan fingerprint density at radius 2 is 1.58 bits per heavy atom. The molecule has 0 heterocycles. The average molecular weight is 510 g/mol. The van der Waals surface area contributed by atoms with Crippen molar-refractivity contribution in [2.45, 2.75) is 57.6 Å². The van der Waals surface area contributed by atoms with E-state index >= 15 is 0 Å². The van der Waals surface area contributed by atoms with E-state index in [9.17, 15) is 18.0 Å². The van der Waals surface area contributed by atoms with E-state index in [1.54, 1.807) is 18.2 Å². The second-order valence-electron chi connectivity index (χ2n) is 9.36. The third-order valence-electron chi connectivity index (χ3n) is 6.08. The lowest BCUT2D eigenvalue weighted by atomic mass is 10.1. The maximum Gasteiger partial charge on any atom is 0.243 e. The van der Waals surface area contributed by atoms with E-state index in [4.69, 9.17) is 0 Å². The quantitative estimate of drug-likeness (QED) is 0.446. The molecule has 0 fully saturated rings. The topological polar surface area (TPSA) is 86.8 Å². The van der Waals surface area contributed by atoms with Crippen molar-refractivity contribution < 1.29 is 18.0 Å². The number of sulfonamides is 1. The molecule has 3 aromatic rings. The van der Waals surface area contributed by atoms with Gasteiger partial charge in [-0.15, -0.1) is 0 Å². The van der Waals surface area contributed by atoms with Crippen molar-refractivity contribution >= 4 is 32.6 Å². The molecule has 0 aliphatic carbocycles. The molecule has 1 atom stereocenters. The highest BCUT2D eigenvalue weighted by Gasteiger charge is 2.32. The smallest absolute Gasteiger partial charge is 0.243 e. The summed E-state index contributed by atoms with van der Waals surface area (Å²) in [6.07, 6.45) is 0.400. The van der Waals surface area contributed by atoms with Crippen LogP contribution in [0.3, 0.4) is 0 Å². The van der Waals surface area contributed by atoms with Crippen LogP contribution in [-0.4, -0.2) is 55.1 Å². The van der Waals surface area contributed by atoms with Crippen LogP contribution in [0.5, 0.6) is 0 Å². The van der Waals surface area contributed by atoms with Gasteiger partial charge in [0.05, 0.1) is 11.4 Å². The lowest BCUT2D eigenvalue weighted by Gasteiger charge is -2.32. The first-order valence-corrected chi connectivity index (χ1v) is 13.6. The van der Waals surface area contributed by atoms with E-state index in [1.165, 1.54) is 11.9 Å². The van der Waals surface area contributed by atoms with Crippen LogP contribution in [0.15, 0.2) is 71.6 Å². The first-order chi connectivity index (χ1) is 17.0. The Kier molecular flexibility index (Phi) is 8.87. The number of rotatable bonds is 10. The fourth-order valence-electron chi connectivity index (χ4n) is 4.06. The van der Waals surface area contributed by atoms with Crippen molar-refractivity contribution in [1.29, 1.82) is 0 Å². The van der Waals surface area contributed by atoms with Gasteiger partial charge in [-0.25, -0.2) is 8.42 Å². The molecule has 3 aromatic carbocycles. The van der Waals surface area contributed by atoms with Crippen molar-refractivity contribution in [2.75, 3.05) is 13.6 Å². The van der Waals surface area contributed by atoms with Crippen LogP contribution >= 0.6 is 0 Å². The maximum absolute atomic E-state index is 13.5. The van der Waals surface area contributed by atoms with Crippen LogP contribution < -0.4 is 5.32 Å². The molecule has 0 radical (unpaired) electrons. The Balaban J connectivity index is 1.88. The zero-order valence-corrected chi connectivity index (χ0v) is 22.4.